The number of aromatic nitrogens is 2. The molecule has 2 rings (SSSR count). The first kappa shape index (κ1) is 16.8. The molecule has 22 heavy (non-hydrogen) atoms. The number of alkyl halides is 3. The first-order chi connectivity index (χ1) is 10.2. The Morgan fingerprint density at radius 2 is 2.18 bits per heavy atom. The highest BCUT2D eigenvalue weighted by Crippen LogP contribution is 2.28. The Morgan fingerprint density at radius 1 is 1.50 bits per heavy atom. The number of amides is 1. The van der Waals surface area contributed by atoms with Crippen molar-refractivity contribution in [1.82, 2.24) is 14.7 Å². The van der Waals surface area contributed by atoms with Gasteiger partial charge in [-0.1, -0.05) is 13.8 Å². The van der Waals surface area contributed by atoms with E-state index in [1.807, 2.05) is 4.90 Å². The topological polar surface area (TPSA) is 38.1 Å². The maximum absolute atomic E-state index is 12.7. The van der Waals surface area contributed by atoms with E-state index in [1.165, 1.54) is 4.68 Å². The molecule has 0 aliphatic carbocycles. The summed E-state index contributed by atoms with van der Waals surface area (Å²) in [6.45, 7) is 7.07. The Kier molecular flexibility index (Phi) is 4.82. The molecule has 0 aromatic carbocycles. The van der Waals surface area contributed by atoms with Gasteiger partial charge < -0.3 is 4.90 Å². The van der Waals surface area contributed by atoms with Gasteiger partial charge in [-0.2, -0.15) is 18.3 Å². The van der Waals surface area contributed by atoms with E-state index in [0.29, 0.717) is 11.6 Å². The summed E-state index contributed by atoms with van der Waals surface area (Å²) in [5, 5.41) is 3.58. The number of aryl methyl sites for hydroxylation is 1. The Hall–Kier alpha value is -1.53. The van der Waals surface area contributed by atoms with Crippen LogP contribution in [-0.2, 0) is 17.5 Å². The Morgan fingerprint density at radius 3 is 2.73 bits per heavy atom. The Labute approximate surface area is 128 Å². The molecule has 1 saturated heterocycles. The van der Waals surface area contributed by atoms with Gasteiger partial charge in [0.1, 0.15) is 0 Å². The van der Waals surface area contributed by atoms with Crippen LogP contribution in [0.25, 0.3) is 0 Å². The van der Waals surface area contributed by atoms with E-state index < -0.39 is 11.9 Å². The summed E-state index contributed by atoms with van der Waals surface area (Å²) < 4.78 is 39.3. The Balaban J connectivity index is 2.04. The quantitative estimate of drug-likeness (QED) is 0.859. The molecule has 2 heterocycles. The lowest BCUT2D eigenvalue weighted by Gasteiger charge is -2.32. The molecular weight excluding hydrogens is 295 g/mol. The van der Waals surface area contributed by atoms with Crippen molar-refractivity contribution in [2.75, 3.05) is 13.1 Å². The van der Waals surface area contributed by atoms with Crippen LogP contribution in [0.3, 0.4) is 0 Å². The van der Waals surface area contributed by atoms with Crippen LogP contribution in [0, 0.1) is 18.8 Å². The average molecular weight is 317 g/mol. The second-order valence-corrected chi connectivity index (χ2v) is 6.28. The standard InChI is InChI=1S/C15H22F3N3O/c1-10-5-4-6-20(8-10)14(22)11(2)9-21-12(3)7-13(19-21)15(16,17)18/h7,10-11H,4-6,8-9H2,1-3H3/t10-,11+/m0/s1. The van der Waals surface area contributed by atoms with Crippen LogP contribution in [-0.4, -0.2) is 33.7 Å². The van der Waals surface area contributed by atoms with Gasteiger partial charge in [-0.05, 0) is 31.7 Å². The lowest BCUT2D eigenvalue weighted by molar-refractivity contribution is -0.141. The fourth-order valence-corrected chi connectivity index (χ4v) is 2.87. The van der Waals surface area contributed by atoms with Crippen LogP contribution in [0.2, 0.25) is 0 Å². The fourth-order valence-electron chi connectivity index (χ4n) is 2.87. The first-order valence-electron chi connectivity index (χ1n) is 7.59. The molecule has 0 radical (unpaired) electrons. The monoisotopic (exact) mass is 317 g/mol. The summed E-state index contributed by atoms with van der Waals surface area (Å²) in [6, 6.07) is 1.01. The molecule has 0 N–H and O–H groups in total. The van der Waals surface area contributed by atoms with Gasteiger partial charge in [-0.3, -0.25) is 9.48 Å². The van der Waals surface area contributed by atoms with E-state index in [0.717, 1.165) is 32.0 Å². The first-order valence-corrected chi connectivity index (χ1v) is 7.59. The van der Waals surface area contributed by atoms with Gasteiger partial charge >= 0.3 is 6.18 Å². The van der Waals surface area contributed by atoms with Gasteiger partial charge in [0.05, 0.1) is 12.5 Å². The zero-order valence-corrected chi connectivity index (χ0v) is 13.2. The smallest absolute Gasteiger partial charge is 0.342 e. The fraction of sp³-hybridized carbons (Fsp3) is 0.733. The zero-order valence-electron chi connectivity index (χ0n) is 13.2. The summed E-state index contributed by atoms with van der Waals surface area (Å²) in [5.41, 5.74) is -0.491. The number of nitrogens with zero attached hydrogens (tertiary/aromatic N) is 3. The van der Waals surface area contributed by atoms with Crippen LogP contribution in [0.5, 0.6) is 0 Å². The molecule has 1 aliphatic heterocycles. The van der Waals surface area contributed by atoms with Crippen molar-refractivity contribution >= 4 is 5.91 Å². The molecule has 4 nitrogen and oxygen atoms in total. The van der Waals surface area contributed by atoms with Crippen molar-refractivity contribution in [2.24, 2.45) is 11.8 Å². The molecule has 1 fully saturated rings. The van der Waals surface area contributed by atoms with Crippen molar-refractivity contribution in [3.63, 3.8) is 0 Å². The van der Waals surface area contributed by atoms with Crippen LogP contribution in [0.15, 0.2) is 6.07 Å². The van der Waals surface area contributed by atoms with Gasteiger partial charge in [0.15, 0.2) is 5.69 Å². The SMILES string of the molecule is Cc1cc(C(F)(F)F)nn1C[C@@H](C)C(=O)N1CCC[C@H](C)C1. The second-order valence-electron chi connectivity index (χ2n) is 6.28. The molecule has 1 aromatic heterocycles. The van der Waals surface area contributed by atoms with Crippen molar-refractivity contribution < 1.29 is 18.0 Å². The van der Waals surface area contributed by atoms with E-state index in [9.17, 15) is 18.0 Å². The van der Waals surface area contributed by atoms with Crippen LogP contribution < -0.4 is 0 Å². The maximum Gasteiger partial charge on any atom is 0.435 e. The highest BCUT2D eigenvalue weighted by molar-refractivity contribution is 5.78. The number of piperidine rings is 1. The summed E-state index contributed by atoms with van der Waals surface area (Å²) >= 11 is 0. The van der Waals surface area contributed by atoms with Crippen molar-refractivity contribution in [3.8, 4) is 0 Å². The van der Waals surface area contributed by atoms with Crippen LogP contribution >= 0.6 is 0 Å². The lowest BCUT2D eigenvalue weighted by atomic mass is 9.99. The number of hydrogen-bond donors (Lipinski definition) is 0. The maximum atomic E-state index is 12.7. The summed E-state index contributed by atoms with van der Waals surface area (Å²) in [6.07, 6.45) is -2.35. The average Bonchev–Trinajstić information content (AvgIpc) is 2.79. The van der Waals surface area contributed by atoms with E-state index in [1.54, 1.807) is 13.8 Å². The normalized spacial score (nSPS) is 21.0. The van der Waals surface area contributed by atoms with Gasteiger partial charge in [0.25, 0.3) is 0 Å². The lowest BCUT2D eigenvalue weighted by Crippen LogP contribution is -2.42. The van der Waals surface area contributed by atoms with E-state index in [-0.39, 0.29) is 18.4 Å². The number of carbonyl (C=O) groups is 1. The number of rotatable bonds is 3. The third-order valence-electron chi connectivity index (χ3n) is 4.11. The molecule has 0 bridgehead atoms. The molecule has 2 atom stereocenters. The predicted molar refractivity (Wildman–Crippen MR) is 76.1 cm³/mol. The van der Waals surface area contributed by atoms with Gasteiger partial charge in [0.2, 0.25) is 5.91 Å². The third kappa shape index (κ3) is 3.81. The third-order valence-corrected chi connectivity index (χ3v) is 4.11. The molecule has 1 aliphatic rings. The predicted octanol–water partition coefficient (Wildman–Crippen LogP) is 3.10. The molecule has 1 amide bonds. The minimum Gasteiger partial charge on any atom is -0.342 e. The number of hydrogen-bond acceptors (Lipinski definition) is 2. The molecule has 124 valence electrons. The van der Waals surface area contributed by atoms with Crippen molar-refractivity contribution in [2.45, 2.75) is 46.3 Å². The van der Waals surface area contributed by atoms with Gasteiger partial charge in [-0.25, -0.2) is 0 Å². The molecular formula is C15H22F3N3O. The van der Waals surface area contributed by atoms with E-state index >= 15 is 0 Å². The minimum absolute atomic E-state index is 0.00462. The number of halogens is 3. The van der Waals surface area contributed by atoms with E-state index in [4.69, 9.17) is 0 Å². The molecule has 0 spiro atoms. The summed E-state index contributed by atoms with van der Waals surface area (Å²) in [7, 11) is 0. The molecule has 0 unspecified atom stereocenters. The minimum atomic E-state index is -4.45. The van der Waals surface area contributed by atoms with Crippen LogP contribution in [0.1, 0.15) is 38.1 Å². The summed E-state index contributed by atoms with van der Waals surface area (Å²) in [5.74, 6) is 0.0909. The number of likely N-dealkylation sites (tertiary alicyclic amines) is 1. The van der Waals surface area contributed by atoms with Gasteiger partial charge in [0, 0.05) is 18.8 Å². The van der Waals surface area contributed by atoms with E-state index in [2.05, 4.69) is 12.0 Å². The number of carbonyl (C=O) groups excluding carboxylic acids is 1. The van der Waals surface area contributed by atoms with Crippen molar-refractivity contribution in [3.05, 3.63) is 17.5 Å². The largest absolute Gasteiger partial charge is 0.435 e. The molecule has 1 aromatic rings. The highest BCUT2D eigenvalue weighted by atomic mass is 19.4. The molecule has 0 saturated carbocycles. The summed E-state index contributed by atoms with van der Waals surface area (Å²) in [4.78, 5) is 14.2. The zero-order chi connectivity index (χ0) is 16.5. The Bertz CT molecular complexity index is 539. The molecule has 7 heteroatoms. The highest BCUT2D eigenvalue weighted by Gasteiger charge is 2.35. The van der Waals surface area contributed by atoms with Crippen LogP contribution in [0.4, 0.5) is 13.2 Å². The van der Waals surface area contributed by atoms with Crippen molar-refractivity contribution in [1.29, 1.82) is 0 Å². The second kappa shape index (κ2) is 6.30. The van der Waals surface area contributed by atoms with Gasteiger partial charge in [-0.15, -0.1) is 0 Å².